The molecule has 1 aliphatic rings. The number of carbonyl (C=O) groups excluding carboxylic acids is 1. The summed E-state index contributed by atoms with van der Waals surface area (Å²) in [6, 6.07) is 7.66. The second kappa shape index (κ2) is 6.03. The SMILES string of the molecule is CCCOc1ccccc1C(=O)C1CCCC1C. The van der Waals surface area contributed by atoms with E-state index in [-0.39, 0.29) is 11.7 Å². The Morgan fingerprint density at radius 1 is 1.33 bits per heavy atom. The van der Waals surface area contributed by atoms with Gasteiger partial charge in [-0.3, -0.25) is 4.79 Å². The number of para-hydroxylation sites is 1. The molecule has 0 saturated heterocycles. The van der Waals surface area contributed by atoms with Gasteiger partial charge < -0.3 is 4.74 Å². The van der Waals surface area contributed by atoms with E-state index in [1.807, 2.05) is 24.3 Å². The smallest absolute Gasteiger partial charge is 0.169 e. The van der Waals surface area contributed by atoms with Crippen LogP contribution in [-0.4, -0.2) is 12.4 Å². The molecule has 1 aromatic rings. The topological polar surface area (TPSA) is 26.3 Å². The molecule has 0 spiro atoms. The van der Waals surface area contributed by atoms with Crippen LogP contribution in [0.1, 0.15) is 49.9 Å². The Balaban J connectivity index is 2.18. The van der Waals surface area contributed by atoms with Crippen LogP contribution in [0.25, 0.3) is 0 Å². The molecule has 2 unspecified atom stereocenters. The van der Waals surface area contributed by atoms with Crippen LogP contribution in [0.2, 0.25) is 0 Å². The van der Waals surface area contributed by atoms with Gasteiger partial charge in [0.1, 0.15) is 5.75 Å². The molecule has 0 N–H and O–H groups in total. The molecule has 1 fully saturated rings. The minimum atomic E-state index is 0.191. The second-order valence-electron chi connectivity index (χ2n) is 5.22. The molecule has 1 saturated carbocycles. The van der Waals surface area contributed by atoms with E-state index in [9.17, 15) is 4.79 Å². The Hall–Kier alpha value is -1.31. The molecule has 0 amide bonds. The Kier molecular flexibility index (Phi) is 4.40. The fourth-order valence-electron chi connectivity index (χ4n) is 2.74. The van der Waals surface area contributed by atoms with Crippen molar-refractivity contribution in [2.45, 2.75) is 39.5 Å². The van der Waals surface area contributed by atoms with Crippen LogP contribution in [0.4, 0.5) is 0 Å². The van der Waals surface area contributed by atoms with E-state index in [0.717, 1.165) is 24.2 Å². The largest absolute Gasteiger partial charge is 0.493 e. The maximum Gasteiger partial charge on any atom is 0.169 e. The normalized spacial score (nSPS) is 23.0. The van der Waals surface area contributed by atoms with E-state index in [1.54, 1.807) is 0 Å². The summed E-state index contributed by atoms with van der Waals surface area (Å²) in [5.41, 5.74) is 0.768. The first-order valence-electron chi connectivity index (χ1n) is 7.00. The van der Waals surface area contributed by atoms with Crippen molar-refractivity contribution in [2.24, 2.45) is 11.8 Å². The van der Waals surface area contributed by atoms with Gasteiger partial charge in [-0.15, -0.1) is 0 Å². The first-order chi connectivity index (χ1) is 8.74. The predicted octanol–water partition coefficient (Wildman–Crippen LogP) is 4.09. The third kappa shape index (κ3) is 2.74. The van der Waals surface area contributed by atoms with Crippen LogP contribution in [0, 0.1) is 11.8 Å². The van der Waals surface area contributed by atoms with Crippen molar-refractivity contribution in [3.63, 3.8) is 0 Å². The van der Waals surface area contributed by atoms with Crippen molar-refractivity contribution < 1.29 is 9.53 Å². The Morgan fingerprint density at radius 2 is 2.11 bits per heavy atom. The molecule has 2 heteroatoms. The minimum Gasteiger partial charge on any atom is -0.493 e. The maximum atomic E-state index is 12.6. The molecule has 98 valence electrons. The highest BCUT2D eigenvalue weighted by Crippen LogP contribution is 2.35. The van der Waals surface area contributed by atoms with Gasteiger partial charge >= 0.3 is 0 Å². The van der Waals surface area contributed by atoms with Gasteiger partial charge in [-0.1, -0.05) is 32.4 Å². The highest BCUT2D eigenvalue weighted by molar-refractivity contribution is 6.00. The van der Waals surface area contributed by atoms with Gasteiger partial charge in [0.2, 0.25) is 0 Å². The molecule has 18 heavy (non-hydrogen) atoms. The van der Waals surface area contributed by atoms with E-state index < -0.39 is 0 Å². The number of hydrogen-bond donors (Lipinski definition) is 0. The monoisotopic (exact) mass is 246 g/mol. The van der Waals surface area contributed by atoms with Gasteiger partial charge in [0, 0.05) is 5.92 Å². The van der Waals surface area contributed by atoms with E-state index in [2.05, 4.69) is 13.8 Å². The van der Waals surface area contributed by atoms with E-state index >= 15 is 0 Å². The van der Waals surface area contributed by atoms with Crippen molar-refractivity contribution in [3.05, 3.63) is 29.8 Å². The fourth-order valence-corrected chi connectivity index (χ4v) is 2.74. The van der Waals surface area contributed by atoms with Crippen molar-refractivity contribution >= 4 is 5.78 Å². The average molecular weight is 246 g/mol. The quantitative estimate of drug-likeness (QED) is 0.731. The summed E-state index contributed by atoms with van der Waals surface area (Å²) in [6.07, 6.45) is 4.34. The third-order valence-corrected chi connectivity index (χ3v) is 3.81. The first-order valence-corrected chi connectivity index (χ1v) is 7.00. The molecule has 2 nitrogen and oxygen atoms in total. The molecule has 0 bridgehead atoms. The molecule has 0 heterocycles. The van der Waals surface area contributed by atoms with Crippen molar-refractivity contribution in [2.75, 3.05) is 6.61 Å². The highest BCUT2D eigenvalue weighted by atomic mass is 16.5. The number of rotatable bonds is 5. The fraction of sp³-hybridized carbons (Fsp3) is 0.562. The van der Waals surface area contributed by atoms with Crippen LogP contribution in [0.5, 0.6) is 5.75 Å². The lowest BCUT2D eigenvalue weighted by Crippen LogP contribution is -2.18. The molecule has 2 atom stereocenters. The molecule has 1 aliphatic carbocycles. The third-order valence-electron chi connectivity index (χ3n) is 3.81. The number of ether oxygens (including phenoxy) is 1. The van der Waals surface area contributed by atoms with Crippen LogP contribution in [0.3, 0.4) is 0 Å². The van der Waals surface area contributed by atoms with Gasteiger partial charge in [0.05, 0.1) is 12.2 Å². The summed E-state index contributed by atoms with van der Waals surface area (Å²) in [5, 5.41) is 0. The molecular formula is C16H22O2. The Bertz CT molecular complexity index is 411. The molecule has 2 rings (SSSR count). The van der Waals surface area contributed by atoms with Crippen LogP contribution in [0.15, 0.2) is 24.3 Å². The molecule has 0 aromatic heterocycles. The van der Waals surface area contributed by atoms with Crippen LogP contribution in [-0.2, 0) is 0 Å². The van der Waals surface area contributed by atoms with Crippen molar-refractivity contribution in [1.29, 1.82) is 0 Å². The van der Waals surface area contributed by atoms with Gasteiger partial charge in [-0.2, -0.15) is 0 Å². The van der Waals surface area contributed by atoms with Crippen LogP contribution < -0.4 is 4.74 Å². The summed E-state index contributed by atoms with van der Waals surface area (Å²) >= 11 is 0. The van der Waals surface area contributed by atoms with E-state index in [4.69, 9.17) is 4.74 Å². The lowest BCUT2D eigenvalue weighted by atomic mass is 9.89. The van der Waals surface area contributed by atoms with E-state index in [0.29, 0.717) is 12.5 Å². The average Bonchev–Trinajstić information content (AvgIpc) is 2.82. The van der Waals surface area contributed by atoms with Gasteiger partial charge in [0.25, 0.3) is 0 Å². The zero-order valence-electron chi connectivity index (χ0n) is 11.3. The first kappa shape index (κ1) is 13.1. The Morgan fingerprint density at radius 3 is 2.78 bits per heavy atom. The van der Waals surface area contributed by atoms with Crippen LogP contribution >= 0.6 is 0 Å². The molecule has 0 radical (unpaired) electrons. The lowest BCUT2D eigenvalue weighted by molar-refractivity contribution is 0.0893. The van der Waals surface area contributed by atoms with Crippen molar-refractivity contribution in [3.8, 4) is 5.75 Å². The summed E-state index contributed by atoms with van der Waals surface area (Å²) in [6.45, 7) is 4.93. The molecule has 1 aromatic carbocycles. The molecule has 0 aliphatic heterocycles. The summed E-state index contributed by atoms with van der Waals surface area (Å²) in [5.74, 6) is 1.73. The summed E-state index contributed by atoms with van der Waals surface area (Å²) < 4.78 is 5.68. The zero-order valence-corrected chi connectivity index (χ0v) is 11.3. The van der Waals surface area contributed by atoms with Gasteiger partial charge in [-0.05, 0) is 37.3 Å². The summed E-state index contributed by atoms with van der Waals surface area (Å²) in [7, 11) is 0. The van der Waals surface area contributed by atoms with Gasteiger partial charge in [0.15, 0.2) is 5.78 Å². The van der Waals surface area contributed by atoms with Crippen molar-refractivity contribution in [1.82, 2.24) is 0 Å². The van der Waals surface area contributed by atoms with E-state index in [1.165, 1.54) is 12.8 Å². The lowest BCUT2D eigenvalue weighted by Gasteiger charge is -2.16. The predicted molar refractivity (Wildman–Crippen MR) is 73.1 cm³/mol. The summed E-state index contributed by atoms with van der Waals surface area (Å²) in [4.78, 5) is 12.6. The standard InChI is InChI=1S/C16H22O2/c1-3-11-18-15-10-5-4-8-14(15)16(17)13-9-6-7-12(13)2/h4-5,8,10,12-13H,3,6-7,9,11H2,1-2H3. The maximum absolute atomic E-state index is 12.6. The van der Waals surface area contributed by atoms with Gasteiger partial charge in [-0.25, -0.2) is 0 Å². The minimum absolute atomic E-state index is 0.191. The zero-order chi connectivity index (χ0) is 13.0. The second-order valence-corrected chi connectivity index (χ2v) is 5.22. The number of carbonyl (C=O) groups is 1. The number of benzene rings is 1. The Labute approximate surface area is 109 Å². The molecular weight excluding hydrogens is 224 g/mol. The number of Topliss-reactive ketones (excluding diaryl/α,β-unsaturated/α-hetero) is 1. The number of ketones is 1. The number of hydrogen-bond acceptors (Lipinski definition) is 2. The highest BCUT2D eigenvalue weighted by Gasteiger charge is 2.31.